The van der Waals surface area contributed by atoms with E-state index < -0.39 is 0 Å². The van der Waals surface area contributed by atoms with E-state index in [0.717, 1.165) is 5.30 Å². The quantitative estimate of drug-likeness (QED) is 0.433. The normalized spacial score (nSPS) is 10.9. The Morgan fingerprint density at radius 2 is 2.27 bits per heavy atom. The Bertz CT molecular complexity index is 434. The molecule has 0 bridgehead atoms. The number of hydrogen-bond donors (Lipinski definition) is 2. The monoisotopic (exact) mass is 220 g/mol. The molecule has 1 unspecified atom stereocenters. The van der Waals surface area contributed by atoms with Crippen molar-refractivity contribution in [2.24, 2.45) is 11.6 Å². The topological polar surface area (TPSA) is 79.1 Å². The van der Waals surface area contributed by atoms with Crippen LogP contribution in [0.3, 0.4) is 0 Å². The Hall–Kier alpha value is -1.56. The van der Waals surface area contributed by atoms with Crippen LogP contribution in [0.15, 0.2) is 30.1 Å². The Morgan fingerprint density at radius 3 is 2.80 bits per heavy atom. The molecule has 4 nitrogen and oxygen atoms in total. The summed E-state index contributed by atoms with van der Waals surface area (Å²) in [6.45, 7) is 1.77. The highest BCUT2D eigenvalue weighted by atomic mass is 31.0. The molecule has 1 rings (SSSR count). The van der Waals surface area contributed by atoms with Crippen LogP contribution in [0.1, 0.15) is 12.5 Å². The average molecular weight is 220 g/mol. The van der Waals surface area contributed by atoms with Gasteiger partial charge < -0.3 is 5.73 Å². The second-order valence-corrected chi connectivity index (χ2v) is 3.73. The van der Waals surface area contributed by atoms with Crippen LogP contribution in [0.2, 0.25) is 0 Å². The maximum Gasteiger partial charge on any atom is 0.101 e. The minimum Gasteiger partial charge on any atom is -0.403 e. The molecule has 1 aromatic rings. The standard InChI is InChI=1S/C10H13N4P/c1-7(5-11)14(13)10-4-9(15)3-2-8(10)6-12/h2-5H,11,13,15H2,1H3/b7-5-. The van der Waals surface area contributed by atoms with Crippen LogP contribution in [-0.4, -0.2) is 0 Å². The summed E-state index contributed by atoms with van der Waals surface area (Å²) >= 11 is 0. The maximum atomic E-state index is 8.92. The van der Waals surface area contributed by atoms with Crippen LogP contribution in [0.4, 0.5) is 5.69 Å². The first-order valence-corrected chi connectivity index (χ1v) is 4.91. The lowest BCUT2D eigenvalue weighted by Gasteiger charge is -2.20. The summed E-state index contributed by atoms with van der Waals surface area (Å²) < 4.78 is 0. The second-order valence-electron chi connectivity index (χ2n) is 3.07. The molecule has 1 aromatic carbocycles. The fraction of sp³-hybridized carbons (Fsp3) is 0.100. The number of nitrogens with two attached hydrogens (primary N) is 2. The number of benzene rings is 1. The van der Waals surface area contributed by atoms with E-state index >= 15 is 0 Å². The summed E-state index contributed by atoms with van der Waals surface area (Å²) in [4.78, 5) is 0. The van der Waals surface area contributed by atoms with Gasteiger partial charge in [0.05, 0.1) is 11.3 Å². The van der Waals surface area contributed by atoms with Gasteiger partial charge in [-0.25, -0.2) is 5.84 Å². The van der Waals surface area contributed by atoms with Gasteiger partial charge in [0.2, 0.25) is 0 Å². The van der Waals surface area contributed by atoms with Gasteiger partial charge in [-0.15, -0.1) is 9.24 Å². The van der Waals surface area contributed by atoms with Gasteiger partial charge in [-0.05, 0) is 24.4 Å². The van der Waals surface area contributed by atoms with E-state index in [9.17, 15) is 0 Å². The van der Waals surface area contributed by atoms with Gasteiger partial charge in [0, 0.05) is 11.9 Å². The Kier molecular flexibility index (Phi) is 3.68. The number of hydrogen-bond acceptors (Lipinski definition) is 4. The van der Waals surface area contributed by atoms with E-state index in [-0.39, 0.29) is 0 Å². The number of nitrogens with zero attached hydrogens (tertiary/aromatic N) is 2. The molecule has 0 saturated carbocycles. The molecule has 15 heavy (non-hydrogen) atoms. The predicted octanol–water partition coefficient (Wildman–Crippen LogP) is 0.559. The van der Waals surface area contributed by atoms with Gasteiger partial charge in [-0.2, -0.15) is 5.26 Å². The van der Waals surface area contributed by atoms with Crippen molar-refractivity contribution in [2.75, 3.05) is 5.01 Å². The smallest absolute Gasteiger partial charge is 0.101 e. The van der Waals surface area contributed by atoms with E-state index in [2.05, 4.69) is 15.3 Å². The third kappa shape index (κ3) is 2.47. The molecule has 0 heterocycles. The van der Waals surface area contributed by atoms with Crippen LogP contribution in [0, 0.1) is 11.3 Å². The first-order valence-electron chi connectivity index (χ1n) is 4.33. The SMILES string of the molecule is C/C(=C/N)N(N)c1cc(P)ccc1C#N. The summed E-state index contributed by atoms with van der Waals surface area (Å²) in [5.74, 6) is 5.82. The van der Waals surface area contributed by atoms with E-state index in [1.54, 1.807) is 13.0 Å². The summed E-state index contributed by atoms with van der Waals surface area (Å²) in [6.07, 6.45) is 1.40. The van der Waals surface area contributed by atoms with Gasteiger partial charge in [-0.3, -0.25) is 5.01 Å². The second kappa shape index (κ2) is 4.79. The van der Waals surface area contributed by atoms with Gasteiger partial charge >= 0.3 is 0 Å². The number of rotatable bonds is 2. The average Bonchev–Trinajstić information content (AvgIpc) is 2.27. The van der Waals surface area contributed by atoms with Gasteiger partial charge in [-0.1, -0.05) is 6.07 Å². The molecule has 0 aromatic heterocycles. The molecule has 0 aliphatic carbocycles. The van der Waals surface area contributed by atoms with Crippen LogP contribution in [0.5, 0.6) is 0 Å². The van der Waals surface area contributed by atoms with E-state index in [4.69, 9.17) is 16.8 Å². The number of nitriles is 1. The first-order chi connectivity index (χ1) is 7.10. The zero-order chi connectivity index (χ0) is 11.4. The molecular weight excluding hydrogens is 207 g/mol. The third-order valence-electron chi connectivity index (χ3n) is 2.02. The minimum absolute atomic E-state index is 0.518. The zero-order valence-corrected chi connectivity index (χ0v) is 9.59. The molecule has 0 aliphatic rings. The third-order valence-corrected chi connectivity index (χ3v) is 2.38. The minimum atomic E-state index is 0.518. The summed E-state index contributed by atoms with van der Waals surface area (Å²) in [5.41, 5.74) is 7.21. The lowest BCUT2D eigenvalue weighted by Crippen LogP contribution is -2.30. The molecule has 0 radical (unpaired) electrons. The van der Waals surface area contributed by atoms with Crippen molar-refractivity contribution in [3.8, 4) is 6.07 Å². The molecule has 0 aliphatic heterocycles. The highest BCUT2D eigenvalue weighted by Crippen LogP contribution is 2.19. The zero-order valence-electron chi connectivity index (χ0n) is 8.44. The van der Waals surface area contributed by atoms with Crippen LogP contribution in [-0.2, 0) is 0 Å². The molecule has 0 fully saturated rings. The summed E-state index contributed by atoms with van der Waals surface area (Å²) in [6, 6.07) is 7.46. The molecule has 0 saturated heterocycles. The first kappa shape index (κ1) is 11.5. The van der Waals surface area contributed by atoms with Crippen molar-refractivity contribution in [1.82, 2.24) is 0 Å². The summed E-state index contributed by atoms with van der Waals surface area (Å²) in [7, 11) is 2.56. The Balaban J connectivity index is 3.24. The van der Waals surface area contributed by atoms with E-state index in [1.807, 2.05) is 12.1 Å². The van der Waals surface area contributed by atoms with Crippen molar-refractivity contribution in [3.05, 3.63) is 35.7 Å². The maximum absolute atomic E-state index is 8.92. The lowest BCUT2D eigenvalue weighted by atomic mass is 10.2. The molecule has 5 heteroatoms. The molecule has 1 atom stereocenters. The Morgan fingerprint density at radius 1 is 1.60 bits per heavy atom. The van der Waals surface area contributed by atoms with Crippen LogP contribution < -0.4 is 21.9 Å². The van der Waals surface area contributed by atoms with Crippen molar-refractivity contribution < 1.29 is 0 Å². The number of allylic oxidation sites excluding steroid dienone is 1. The highest BCUT2D eigenvalue weighted by Gasteiger charge is 2.09. The number of anilines is 1. The predicted molar refractivity (Wildman–Crippen MR) is 65.1 cm³/mol. The fourth-order valence-corrected chi connectivity index (χ4v) is 1.37. The van der Waals surface area contributed by atoms with E-state index in [0.29, 0.717) is 16.9 Å². The molecule has 4 N–H and O–H groups in total. The molecular formula is C10H13N4P. The van der Waals surface area contributed by atoms with Crippen LogP contribution in [0.25, 0.3) is 0 Å². The Labute approximate surface area is 91.3 Å². The van der Waals surface area contributed by atoms with E-state index in [1.165, 1.54) is 11.2 Å². The van der Waals surface area contributed by atoms with Crippen molar-refractivity contribution in [1.29, 1.82) is 5.26 Å². The van der Waals surface area contributed by atoms with Crippen LogP contribution >= 0.6 is 9.24 Å². The molecule has 0 amide bonds. The van der Waals surface area contributed by atoms with Crippen molar-refractivity contribution >= 4 is 20.2 Å². The molecule has 0 spiro atoms. The highest BCUT2D eigenvalue weighted by molar-refractivity contribution is 7.27. The molecule has 78 valence electrons. The van der Waals surface area contributed by atoms with Crippen molar-refractivity contribution in [3.63, 3.8) is 0 Å². The van der Waals surface area contributed by atoms with Gasteiger partial charge in [0.15, 0.2) is 0 Å². The largest absolute Gasteiger partial charge is 0.403 e. The fourth-order valence-electron chi connectivity index (χ4n) is 1.11. The number of hydrazine groups is 1. The summed E-state index contributed by atoms with van der Waals surface area (Å²) in [5, 5.41) is 11.3. The van der Waals surface area contributed by atoms with Gasteiger partial charge in [0.1, 0.15) is 6.07 Å². The van der Waals surface area contributed by atoms with Gasteiger partial charge in [0.25, 0.3) is 0 Å². The lowest BCUT2D eigenvalue weighted by molar-refractivity contribution is 0.986. The van der Waals surface area contributed by atoms with Crippen molar-refractivity contribution in [2.45, 2.75) is 6.92 Å².